The fourth-order valence-electron chi connectivity index (χ4n) is 4.37. The molecule has 2 N–H and O–H groups in total. The fraction of sp³-hybridized carbons (Fsp3) is 0.267. The number of hydrogen-bond donors (Lipinski definition) is 2. The number of fused-ring (bicyclic) bond motifs is 1. The number of rotatable bonds is 11. The molecule has 1 aliphatic rings. The maximum atomic E-state index is 13.4. The van der Waals surface area contributed by atoms with E-state index < -0.39 is 0 Å². The lowest BCUT2D eigenvalue weighted by molar-refractivity contribution is -0.119. The highest BCUT2D eigenvalue weighted by molar-refractivity contribution is 6.32. The number of anilines is 3. The van der Waals surface area contributed by atoms with Crippen LogP contribution in [0.4, 0.5) is 21.6 Å². The van der Waals surface area contributed by atoms with Crippen molar-refractivity contribution in [2.75, 3.05) is 37.9 Å². The Balaban J connectivity index is 1.24. The van der Waals surface area contributed by atoms with Gasteiger partial charge in [0.25, 0.3) is 6.02 Å². The molecule has 4 aromatic rings. The lowest BCUT2D eigenvalue weighted by Gasteiger charge is -2.13. The summed E-state index contributed by atoms with van der Waals surface area (Å²) in [7, 11) is 3.76. The Morgan fingerprint density at radius 3 is 2.73 bits per heavy atom. The quantitative estimate of drug-likeness (QED) is 0.230. The normalized spacial score (nSPS) is 14.6. The summed E-state index contributed by atoms with van der Waals surface area (Å²) in [4.78, 5) is 27.3. The number of carbonyl (C=O) groups excluding carboxylic acids is 1. The number of ketones is 1. The summed E-state index contributed by atoms with van der Waals surface area (Å²) in [5.74, 6) is 0.949. The number of ether oxygens (including phenoxy) is 2. The van der Waals surface area contributed by atoms with Crippen LogP contribution in [0.5, 0.6) is 5.75 Å². The molecule has 0 radical (unpaired) electrons. The highest BCUT2D eigenvalue weighted by Crippen LogP contribution is 2.31. The van der Waals surface area contributed by atoms with Crippen molar-refractivity contribution < 1.29 is 18.7 Å². The fourth-order valence-corrected chi connectivity index (χ4v) is 4.60. The van der Waals surface area contributed by atoms with Crippen LogP contribution in [-0.2, 0) is 16.1 Å². The predicted molar refractivity (Wildman–Crippen MR) is 159 cm³/mol. The monoisotopic (exact) mass is 576 g/mol. The zero-order valence-corrected chi connectivity index (χ0v) is 23.5. The summed E-state index contributed by atoms with van der Waals surface area (Å²) in [6.45, 7) is 1.06. The first-order chi connectivity index (χ1) is 19.8. The maximum absolute atomic E-state index is 13.4. The molecule has 0 spiro atoms. The van der Waals surface area contributed by atoms with Gasteiger partial charge in [-0.1, -0.05) is 23.7 Å². The van der Waals surface area contributed by atoms with Crippen LogP contribution in [0.3, 0.4) is 0 Å². The Kier molecular flexibility index (Phi) is 8.91. The van der Waals surface area contributed by atoms with Crippen LogP contribution in [0.1, 0.15) is 18.4 Å². The molecular formula is C30H30ClFN6O3. The summed E-state index contributed by atoms with van der Waals surface area (Å²) in [5.41, 5.74) is 2.93. The molecule has 0 aliphatic carbocycles. The molecule has 11 heteroatoms. The first-order valence-corrected chi connectivity index (χ1v) is 13.5. The molecule has 0 saturated heterocycles. The molecule has 5 rings (SSSR count). The molecule has 0 fully saturated rings. The molecule has 1 aromatic heterocycles. The summed E-state index contributed by atoms with van der Waals surface area (Å²) in [6.07, 6.45) is 2.60. The third kappa shape index (κ3) is 7.68. The van der Waals surface area contributed by atoms with Gasteiger partial charge in [-0.15, -0.1) is 0 Å². The molecule has 212 valence electrons. The average molecular weight is 577 g/mol. The van der Waals surface area contributed by atoms with E-state index in [2.05, 4.69) is 25.6 Å². The van der Waals surface area contributed by atoms with Crippen molar-refractivity contribution >= 4 is 51.5 Å². The number of hydrogen-bond acceptors (Lipinski definition) is 9. The number of halogens is 2. The Labute approximate surface area is 242 Å². The number of nitrogens with one attached hydrogen (secondary N) is 2. The van der Waals surface area contributed by atoms with Crippen molar-refractivity contribution in [3.05, 3.63) is 83.4 Å². The van der Waals surface area contributed by atoms with Gasteiger partial charge < -0.3 is 25.0 Å². The number of aromatic nitrogens is 2. The molecule has 0 bridgehead atoms. The van der Waals surface area contributed by atoms with Crippen LogP contribution in [0, 0.1) is 5.82 Å². The second kappa shape index (κ2) is 12.9. The summed E-state index contributed by atoms with van der Waals surface area (Å²) in [5, 5.41) is 7.70. The van der Waals surface area contributed by atoms with E-state index in [0.29, 0.717) is 59.9 Å². The van der Waals surface area contributed by atoms with E-state index in [1.165, 1.54) is 18.5 Å². The van der Waals surface area contributed by atoms with Gasteiger partial charge in [0.2, 0.25) is 0 Å². The minimum Gasteiger partial charge on any atom is -0.487 e. The first kappa shape index (κ1) is 28.3. The van der Waals surface area contributed by atoms with Gasteiger partial charge >= 0.3 is 0 Å². The van der Waals surface area contributed by atoms with Crippen molar-refractivity contribution in [1.29, 1.82) is 0 Å². The maximum Gasteiger partial charge on any atom is 0.289 e. The van der Waals surface area contributed by atoms with E-state index >= 15 is 0 Å². The van der Waals surface area contributed by atoms with E-state index in [9.17, 15) is 9.18 Å². The molecular weight excluding hydrogens is 547 g/mol. The number of benzene rings is 3. The molecule has 1 atom stereocenters. The molecule has 1 aliphatic heterocycles. The van der Waals surface area contributed by atoms with Crippen LogP contribution in [-0.4, -0.2) is 60.0 Å². The summed E-state index contributed by atoms with van der Waals surface area (Å²) < 4.78 is 24.9. The molecule has 41 heavy (non-hydrogen) atoms. The highest BCUT2D eigenvalue weighted by Gasteiger charge is 2.20. The second-order valence-electron chi connectivity index (χ2n) is 9.98. The first-order valence-electron chi connectivity index (χ1n) is 13.1. The summed E-state index contributed by atoms with van der Waals surface area (Å²) >= 11 is 6.48. The lowest BCUT2D eigenvalue weighted by atomic mass is 10.1. The van der Waals surface area contributed by atoms with Gasteiger partial charge in [-0.2, -0.15) is 0 Å². The van der Waals surface area contributed by atoms with Crippen LogP contribution in [0.15, 0.2) is 72.0 Å². The van der Waals surface area contributed by atoms with Gasteiger partial charge in [-0.05, 0) is 74.6 Å². The Hall–Kier alpha value is -4.28. The van der Waals surface area contributed by atoms with Crippen molar-refractivity contribution in [1.82, 2.24) is 14.9 Å². The largest absolute Gasteiger partial charge is 0.487 e. The van der Waals surface area contributed by atoms with Crippen molar-refractivity contribution in [3.63, 3.8) is 0 Å². The molecule has 3 aromatic carbocycles. The van der Waals surface area contributed by atoms with Gasteiger partial charge in [-0.25, -0.2) is 19.4 Å². The Morgan fingerprint density at radius 1 is 1.10 bits per heavy atom. The minimum atomic E-state index is -0.316. The Bertz CT molecular complexity index is 1580. The molecule has 0 amide bonds. The second-order valence-corrected chi connectivity index (χ2v) is 10.4. The van der Waals surface area contributed by atoms with E-state index in [-0.39, 0.29) is 24.2 Å². The van der Waals surface area contributed by atoms with E-state index in [0.717, 1.165) is 16.6 Å². The SMILES string of the molecule is CN(C)CC(=O)CC[C@H]1COC(Nc2ccc3ncnc(Nc4ccc(OCc5cccc(F)c5)c(Cl)c4)c3c2)=N1. The van der Waals surface area contributed by atoms with Crippen molar-refractivity contribution in [2.24, 2.45) is 4.99 Å². The van der Waals surface area contributed by atoms with E-state index in [1.54, 1.807) is 24.3 Å². The smallest absolute Gasteiger partial charge is 0.289 e. The van der Waals surface area contributed by atoms with Gasteiger partial charge in [0, 0.05) is 23.2 Å². The van der Waals surface area contributed by atoms with Crippen molar-refractivity contribution in [2.45, 2.75) is 25.5 Å². The van der Waals surface area contributed by atoms with Gasteiger partial charge in [0.15, 0.2) is 0 Å². The molecule has 0 unspecified atom stereocenters. The predicted octanol–water partition coefficient (Wildman–Crippen LogP) is 5.82. The number of aliphatic imine (C=N–C) groups is 1. The third-order valence-corrected chi connectivity index (χ3v) is 6.62. The molecule has 0 saturated carbocycles. The van der Waals surface area contributed by atoms with Crippen LogP contribution < -0.4 is 15.4 Å². The third-order valence-electron chi connectivity index (χ3n) is 6.33. The van der Waals surface area contributed by atoms with Gasteiger partial charge in [0.05, 0.1) is 23.1 Å². The Morgan fingerprint density at radius 2 is 1.93 bits per heavy atom. The zero-order chi connectivity index (χ0) is 28.8. The number of amidine groups is 1. The number of carbonyl (C=O) groups is 1. The van der Waals surface area contributed by atoms with E-state index in [4.69, 9.17) is 21.1 Å². The highest BCUT2D eigenvalue weighted by atomic mass is 35.5. The van der Waals surface area contributed by atoms with Gasteiger partial charge in [-0.3, -0.25) is 4.79 Å². The van der Waals surface area contributed by atoms with Crippen LogP contribution in [0.2, 0.25) is 5.02 Å². The summed E-state index contributed by atoms with van der Waals surface area (Å²) in [6, 6.07) is 17.6. The number of nitrogens with zero attached hydrogens (tertiary/aromatic N) is 4. The van der Waals surface area contributed by atoms with Crippen molar-refractivity contribution in [3.8, 4) is 5.75 Å². The number of likely N-dealkylation sites (N-methyl/N-ethyl adjacent to an activating group) is 1. The minimum absolute atomic E-state index is 0.0600. The topological polar surface area (TPSA) is 101 Å². The lowest BCUT2D eigenvalue weighted by Crippen LogP contribution is -2.22. The van der Waals surface area contributed by atoms with Gasteiger partial charge in [0.1, 0.15) is 42.7 Å². The standard InChI is InChI=1S/C30H30ClFN6O3/c1-38(2)15-24(39)9-6-23-17-41-30(37-23)36-21-7-10-27-25(13-21)29(34-18-33-27)35-22-8-11-28(26(31)14-22)40-16-19-4-3-5-20(32)12-19/h3-5,7-8,10-14,18,23H,6,9,15-17H2,1-2H3,(H,36,37)(H,33,34,35)/t23-/m0/s1. The van der Waals surface area contributed by atoms with Crippen LogP contribution in [0.25, 0.3) is 10.9 Å². The average Bonchev–Trinajstić information content (AvgIpc) is 3.39. The zero-order valence-electron chi connectivity index (χ0n) is 22.7. The van der Waals surface area contributed by atoms with E-state index in [1.807, 2.05) is 43.3 Å². The number of Topliss-reactive ketones (excluding diaryl/α,β-unsaturated/α-hetero) is 1. The molecule has 2 heterocycles. The molecule has 9 nitrogen and oxygen atoms in total. The van der Waals surface area contributed by atoms with Crippen LogP contribution >= 0.6 is 11.6 Å².